The van der Waals surface area contributed by atoms with Crippen molar-refractivity contribution in [1.29, 1.82) is 0 Å². The standard InChI is InChI=1S/C19H24N4O5S/c1-3-20-16(24)9-28-19(25)14-8-15(12-4-5-12)21-18-17(14)11(2)22-23(18)13-6-7-29(26,27)10-13/h8,12-13H,3-7,9-10H2,1-2H3,(H,20,24). The van der Waals surface area contributed by atoms with Crippen molar-refractivity contribution in [3.63, 3.8) is 0 Å². The van der Waals surface area contributed by atoms with Gasteiger partial charge >= 0.3 is 5.97 Å². The summed E-state index contributed by atoms with van der Waals surface area (Å²) >= 11 is 0. The molecule has 1 saturated carbocycles. The normalized spacial score (nSPS) is 20.7. The molecule has 3 heterocycles. The van der Waals surface area contributed by atoms with E-state index in [2.05, 4.69) is 10.4 Å². The third-order valence-electron chi connectivity index (χ3n) is 5.33. The smallest absolute Gasteiger partial charge is 0.339 e. The maximum Gasteiger partial charge on any atom is 0.339 e. The summed E-state index contributed by atoms with van der Waals surface area (Å²) < 4.78 is 30.8. The molecule has 0 spiro atoms. The number of esters is 1. The lowest BCUT2D eigenvalue weighted by Gasteiger charge is -2.11. The van der Waals surface area contributed by atoms with Crippen LogP contribution in [0.1, 0.15) is 59.9 Å². The Morgan fingerprint density at radius 1 is 1.31 bits per heavy atom. The number of amides is 1. The van der Waals surface area contributed by atoms with E-state index in [-0.39, 0.29) is 36.0 Å². The zero-order chi connectivity index (χ0) is 20.8. The number of nitrogens with one attached hydrogen (secondary N) is 1. The number of carbonyl (C=O) groups excluding carboxylic acids is 2. The van der Waals surface area contributed by atoms with Gasteiger partial charge in [-0.2, -0.15) is 5.10 Å². The van der Waals surface area contributed by atoms with E-state index in [1.165, 1.54) is 0 Å². The molecule has 2 aliphatic rings. The Labute approximate surface area is 168 Å². The lowest BCUT2D eigenvalue weighted by molar-refractivity contribution is -0.124. The molecule has 0 aromatic carbocycles. The largest absolute Gasteiger partial charge is 0.452 e. The summed E-state index contributed by atoms with van der Waals surface area (Å²) in [6, 6.07) is 1.43. The minimum absolute atomic E-state index is 0.0233. The summed E-state index contributed by atoms with van der Waals surface area (Å²) in [5.41, 5.74) is 2.21. The number of fused-ring (bicyclic) bond motifs is 1. The molecule has 0 radical (unpaired) electrons. The summed E-state index contributed by atoms with van der Waals surface area (Å²) in [5, 5.41) is 7.67. The summed E-state index contributed by atoms with van der Waals surface area (Å²) in [6.07, 6.45) is 2.47. The number of sulfone groups is 1. The Kier molecular flexibility index (Phi) is 5.05. The molecule has 1 aliphatic carbocycles. The molecule has 1 saturated heterocycles. The highest BCUT2D eigenvalue weighted by atomic mass is 32.2. The minimum atomic E-state index is -3.09. The Hall–Kier alpha value is -2.49. The van der Waals surface area contributed by atoms with Gasteiger partial charge in [-0.05, 0) is 39.2 Å². The van der Waals surface area contributed by atoms with Gasteiger partial charge in [-0.3, -0.25) is 4.79 Å². The van der Waals surface area contributed by atoms with Gasteiger partial charge in [0.25, 0.3) is 5.91 Å². The van der Waals surface area contributed by atoms with Crippen LogP contribution in [0.5, 0.6) is 0 Å². The van der Waals surface area contributed by atoms with Crippen LogP contribution in [-0.4, -0.2) is 59.7 Å². The van der Waals surface area contributed by atoms with Crippen molar-refractivity contribution < 1.29 is 22.7 Å². The molecule has 9 nitrogen and oxygen atoms in total. The number of ether oxygens (including phenoxy) is 1. The van der Waals surface area contributed by atoms with E-state index in [9.17, 15) is 18.0 Å². The van der Waals surface area contributed by atoms with Crippen LogP contribution in [0.4, 0.5) is 0 Å². The SMILES string of the molecule is CCNC(=O)COC(=O)c1cc(C2CC2)nc2c1c(C)nn2C1CCS(=O)(=O)C1. The first kappa shape index (κ1) is 19.8. The molecule has 1 N–H and O–H groups in total. The molecular formula is C19H24N4O5S. The first-order valence-corrected chi connectivity index (χ1v) is 11.6. The van der Waals surface area contributed by atoms with E-state index in [1.807, 2.05) is 0 Å². The maximum absolute atomic E-state index is 12.8. The summed E-state index contributed by atoms with van der Waals surface area (Å²) in [5.74, 6) is -0.535. The van der Waals surface area contributed by atoms with Crippen molar-refractivity contribution in [2.45, 2.75) is 45.1 Å². The van der Waals surface area contributed by atoms with E-state index >= 15 is 0 Å². The number of nitrogens with zero attached hydrogens (tertiary/aromatic N) is 3. The van der Waals surface area contributed by atoms with Crippen LogP contribution in [0.25, 0.3) is 11.0 Å². The number of hydrogen-bond donors (Lipinski definition) is 1. The number of carbonyl (C=O) groups is 2. The number of likely N-dealkylation sites (N-methyl/N-ethyl adjacent to an activating group) is 1. The fourth-order valence-electron chi connectivity index (χ4n) is 3.76. The number of pyridine rings is 1. The highest BCUT2D eigenvalue weighted by Crippen LogP contribution is 2.41. The van der Waals surface area contributed by atoms with Gasteiger partial charge in [-0.15, -0.1) is 0 Å². The van der Waals surface area contributed by atoms with E-state index in [0.29, 0.717) is 35.3 Å². The Bertz CT molecular complexity index is 1090. The van der Waals surface area contributed by atoms with Crippen LogP contribution >= 0.6 is 0 Å². The molecule has 29 heavy (non-hydrogen) atoms. The van der Waals surface area contributed by atoms with Crippen LogP contribution in [-0.2, 0) is 19.4 Å². The second-order valence-corrected chi connectivity index (χ2v) is 9.91. The molecule has 156 valence electrons. The van der Waals surface area contributed by atoms with Gasteiger partial charge in [-0.1, -0.05) is 0 Å². The van der Waals surface area contributed by atoms with Gasteiger partial charge in [0, 0.05) is 18.2 Å². The Morgan fingerprint density at radius 2 is 2.07 bits per heavy atom. The Morgan fingerprint density at radius 3 is 2.69 bits per heavy atom. The van der Waals surface area contributed by atoms with Crippen molar-refractivity contribution in [3.8, 4) is 0 Å². The second-order valence-electron chi connectivity index (χ2n) is 7.68. The summed E-state index contributed by atoms with van der Waals surface area (Å²) in [6.45, 7) is 3.65. The first-order chi connectivity index (χ1) is 13.8. The number of hydrogen-bond acceptors (Lipinski definition) is 7. The molecular weight excluding hydrogens is 396 g/mol. The van der Waals surface area contributed by atoms with E-state index in [0.717, 1.165) is 18.5 Å². The number of aromatic nitrogens is 3. The third kappa shape index (κ3) is 3.98. The number of aryl methyl sites for hydroxylation is 1. The van der Waals surface area contributed by atoms with Crippen molar-refractivity contribution >= 4 is 32.7 Å². The number of rotatable bonds is 6. The summed E-state index contributed by atoms with van der Waals surface area (Å²) in [7, 11) is -3.09. The van der Waals surface area contributed by atoms with Crippen molar-refractivity contribution in [2.75, 3.05) is 24.7 Å². The molecule has 10 heteroatoms. The zero-order valence-electron chi connectivity index (χ0n) is 16.5. The summed E-state index contributed by atoms with van der Waals surface area (Å²) in [4.78, 5) is 29.2. The zero-order valence-corrected chi connectivity index (χ0v) is 17.3. The predicted molar refractivity (Wildman–Crippen MR) is 106 cm³/mol. The van der Waals surface area contributed by atoms with Crippen molar-refractivity contribution in [2.24, 2.45) is 0 Å². The van der Waals surface area contributed by atoms with Crippen LogP contribution in [0.2, 0.25) is 0 Å². The van der Waals surface area contributed by atoms with Gasteiger partial charge < -0.3 is 10.1 Å². The average molecular weight is 420 g/mol. The fourth-order valence-corrected chi connectivity index (χ4v) is 5.45. The first-order valence-electron chi connectivity index (χ1n) is 9.83. The molecule has 4 rings (SSSR count). The molecule has 2 aromatic rings. The van der Waals surface area contributed by atoms with Crippen LogP contribution in [0.15, 0.2) is 6.07 Å². The van der Waals surface area contributed by atoms with Crippen molar-refractivity contribution in [3.05, 3.63) is 23.0 Å². The molecule has 1 unspecified atom stereocenters. The maximum atomic E-state index is 12.8. The highest BCUT2D eigenvalue weighted by molar-refractivity contribution is 7.91. The monoisotopic (exact) mass is 420 g/mol. The molecule has 1 aliphatic heterocycles. The topological polar surface area (TPSA) is 120 Å². The molecule has 0 bridgehead atoms. The van der Waals surface area contributed by atoms with Gasteiger partial charge in [0.2, 0.25) is 0 Å². The third-order valence-corrected chi connectivity index (χ3v) is 7.09. The molecule has 2 aromatic heterocycles. The highest BCUT2D eigenvalue weighted by Gasteiger charge is 2.34. The Balaban J connectivity index is 1.74. The van der Waals surface area contributed by atoms with Gasteiger partial charge in [0.15, 0.2) is 22.1 Å². The van der Waals surface area contributed by atoms with Crippen LogP contribution in [0, 0.1) is 6.92 Å². The van der Waals surface area contributed by atoms with Crippen LogP contribution < -0.4 is 5.32 Å². The molecule has 2 fully saturated rings. The minimum Gasteiger partial charge on any atom is -0.452 e. The molecule has 1 atom stereocenters. The van der Waals surface area contributed by atoms with Gasteiger partial charge in [0.1, 0.15) is 0 Å². The van der Waals surface area contributed by atoms with E-state index < -0.39 is 15.8 Å². The van der Waals surface area contributed by atoms with E-state index in [1.54, 1.807) is 24.6 Å². The predicted octanol–water partition coefficient (Wildman–Crippen LogP) is 1.27. The lowest BCUT2D eigenvalue weighted by Crippen LogP contribution is -2.28. The van der Waals surface area contributed by atoms with E-state index in [4.69, 9.17) is 9.72 Å². The lowest BCUT2D eigenvalue weighted by atomic mass is 10.1. The fraction of sp³-hybridized carbons (Fsp3) is 0.579. The van der Waals surface area contributed by atoms with Gasteiger partial charge in [0.05, 0.1) is 34.2 Å². The average Bonchev–Trinajstić information content (AvgIpc) is 3.39. The quantitative estimate of drug-likeness (QED) is 0.699. The second kappa shape index (κ2) is 7.40. The van der Waals surface area contributed by atoms with Crippen LogP contribution in [0.3, 0.4) is 0 Å². The molecule has 1 amide bonds. The van der Waals surface area contributed by atoms with Crippen molar-refractivity contribution in [1.82, 2.24) is 20.1 Å². The van der Waals surface area contributed by atoms with Gasteiger partial charge in [-0.25, -0.2) is 22.9 Å².